The fourth-order valence-corrected chi connectivity index (χ4v) is 6.49. The first-order valence-electron chi connectivity index (χ1n) is 16.4. The molecule has 0 aromatic heterocycles. The number of likely N-dealkylation sites (N-methyl/N-ethyl adjacent to an activating group) is 1. The van der Waals surface area contributed by atoms with E-state index < -0.39 is 99.3 Å². The van der Waals surface area contributed by atoms with Crippen molar-refractivity contribution in [2.45, 2.75) is 38.8 Å². The molecule has 18 heteroatoms. The highest BCUT2D eigenvalue weighted by molar-refractivity contribution is 6.00. The first kappa shape index (κ1) is 39.3. The Hall–Kier alpha value is -5.49. The minimum absolute atomic E-state index is 0.0113. The molecule has 0 spiro atoms. The van der Waals surface area contributed by atoms with Crippen LogP contribution >= 0.6 is 0 Å². The zero-order valence-electron chi connectivity index (χ0n) is 28.6. The third kappa shape index (κ3) is 8.02. The maximum absolute atomic E-state index is 14.3. The highest BCUT2D eigenvalue weighted by Crippen LogP contribution is 2.47. The third-order valence-electron chi connectivity index (χ3n) is 9.18. The van der Waals surface area contributed by atoms with Gasteiger partial charge >= 0.3 is 5.97 Å². The van der Waals surface area contributed by atoms with Crippen LogP contribution in [-0.4, -0.2) is 133 Å². The summed E-state index contributed by atoms with van der Waals surface area (Å²) in [5, 5.41) is 63.0. The summed E-state index contributed by atoms with van der Waals surface area (Å²) < 4.78 is 28.5. The minimum atomic E-state index is -1.31. The van der Waals surface area contributed by atoms with Crippen molar-refractivity contribution in [1.82, 2.24) is 25.3 Å². The Morgan fingerprint density at radius 2 is 1.37 bits per heavy atom. The van der Waals surface area contributed by atoms with Crippen LogP contribution in [0, 0.1) is 23.5 Å². The van der Waals surface area contributed by atoms with Gasteiger partial charge in [0.05, 0.1) is 35.7 Å². The molecule has 52 heavy (non-hydrogen) atoms. The van der Waals surface area contributed by atoms with Crippen molar-refractivity contribution in [3.05, 3.63) is 58.3 Å². The van der Waals surface area contributed by atoms with Crippen molar-refractivity contribution in [3.63, 3.8) is 0 Å². The molecule has 4 atom stereocenters. The summed E-state index contributed by atoms with van der Waals surface area (Å²) in [4.78, 5) is 67.6. The molecule has 1 fully saturated rings. The molecule has 1 saturated heterocycles. The lowest BCUT2D eigenvalue weighted by Crippen LogP contribution is -2.63. The van der Waals surface area contributed by atoms with Crippen LogP contribution in [0.4, 0.5) is 8.78 Å². The number of hydrogen-bond donors (Lipinski definition) is 8. The fourth-order valence-electron chi connectivity index (χ4n) is 6.49. The largest absolute Gasteiger partial charge is 0.504 e. The molecule has 0 bridgehead atoms. The van der Waals surface area contributed by atoms with E-state index in [4.69, 9.17) is 0 Å². The molecule has 2 aromatic rings. The zero-order chi connectivity index (χ0) is 38.6. The number of aliphatic hydroxyl groups excluding tert-OH is 1. The van der Waals surface area contributed by atoms with Gasteiger partial charge in [-0.3, -0.25) is 24.1 Å². The zero-order valence-corrected chi connectivity index (χ0v) is 28.6. The topological polar surface area (TPSA) is 241 Å². The molecular formula is C34H41F2N5O11. The lowest BCUT2D eigenvalue weighted by atomic mass is 9.77. The van der Waals surface area contributed by atoms with E-state index in [1.807, 2.05) is 0 Å². The van der Waals surface area contributed by atoms with E-state index in [9.17, 15) is 63.4 Å². The summed E-state index contributed by atoms with van der Waals surface area (Å²) in [6.45, 7) is 3.06. The Balaban J connectivity index is 1.40. The van der Waals surface area contributed by atoms with Gasteiger partial charge in [-0.2, -0.15) is 0 Å². The van der Waals surface area contributed by atoms with E-state index in [2.05, 4.69) is 10.6 Å². The number of carboxylic acid groups (broad SMARTS) is 1. The number of fused-ring (bicyclic) bond motifs is 1. The summed E-state index contributed by atoms with van der Waals surface area (Å²) in [6, 6.07) is 3.36. The van der Waals surface area contributed by atoms with Crippen LogP contribution in [0.15, 0.2) is 35.5 Å². The lowest BCUT2D eigenvalue weighted by Gasteiger charge is -2.46. The number of aliphatic carboxylic acids is 1. The lowest BCUT2D eigenvalue weighted by molar-refractivity contribution is -0.163. The van der Waals surface area contributed by atoms with Crippen LogP contribution in [0.5, 0.6) is 23.0 Å². The number of benzene rings is 2. The summed E-state index contributed by atoms with van der Waals surface area (Å²) >= 11 is 0. The monoisotopic (exact) mass is 733 g/mol. The number of carboxylic acids is 1. The fraction of sp³-hybridized carbons (Fsp3) is 0.441. The second kappa shape index (κ2) is 16.2. The number of β-lactam (4-membered cyclic amide) rings is 1. The van der Waals surface area contributed by atoms with Crippen molar-refractivity contribution >= 4 is 29.6 Å². The van der Waals surface area contributed by atoms with Crippen molar-refractivity contribution in [3.8, 4) is 23.0 Å². The van der Waals surface area contributed by atoms with E-state index in [0.29, 0.717) is 5.57 Å². The number of aliphatic hydroxyl groups is 1. The highest BCUT2D eigenvalue weighted by Gasteiger charge is 2.59. The van der Waals surface area contributed by atoms with E-state index in [-0.39, 0.29) is 57.8 Å². The van der Waals surface area contributed by atoms with Crippen LogP contribution in [0.25, 0.3) is 0 Å². The average molecular weight is 734 g/mol. The summed E-state index contributed by atoms with van der Waals surface area (Å²) in [5.41, 5.74) is -0.789. The van der Waals surface area contributed by atoms with Crippen LogP contribution in [0.3, 0.4) is 0 Å². The minimum Gasteiger partial charge on any atom is -0.504 e. The van der Waals surface area contributed by atoms with Gasteiger partial charge in [0.2, 0.25) is 11.8 Å². The third-order valence-corrected chi connectivity index (χ3v) is 9.18. The SMILES string of the molecule is CC1C(CN(C)CC(=O)N(CCCNC(=O)c2ccc(O)c(O)c2F)CCCNC(=O)c2ccc(O)c(O)c2F)=C(C(=O)O)N2C(=O)C([C@@H](C)O)[C@@H]12. The van der Waals surface area contributed by atoms with Gasteiger partial charge in [0.25, 0.3) is 11.8 Å². The number of nitrogens with zero attached hydrogens (tertiary/aromatic N) is 3. The first-order valence-corrected chi connectivity index (χ1v) is 16.4. The molecular weight excluding hydrogens is 692 g/mol. The predicted octanol–water partition coefficient (Wildman–Crippen LogP) is 0.684. The molecule has 2 aromatic carbocycles. The number of nitrogens with one attached hydrogen (secondary N) is 2. The van der Waals surface area contributed by atoms with Crippen LogP contribution in [0.2, 0.25) is 0 Å². The van der Waals surface area contributed by atoms with Crippen molar-refractivity contribution < 1.29 is 63.4 Å². The van der Waals surface area contributed by atoms with Gasteiger partial charge in [-0.05, 0) is 56.7 Å². The smallest absolute Gasteiger partial charge is 0.352 e. The normalized spacial score (nSPS) is 18.6. The van der Waals surface area contributed by atoms with E-state index in [0.717, 1.165) is 24.3 Å². The number of phenolic OH excluding ortho intramolecular Hbond substituents is 4. The van der Waals surface area contributed by atoms with Gasteiger partial charge in [0.15, 0.2) is 34.6 Å². The quantitative estimate of drug-likeness (QED) is 0.0676. The number of amides is 4. The van der Waals surface area contributed by atoms with Crippen molar-refractivity contribution in [2.24, 2.45) is 11.8 Å². The Bertz CT molecular complexity index is 1710. The van der Waals surface area contributed by atoms with Crippen LogP contribution < -0.4 is 10.6 Å². The molecule has 0 saturated carbocycles. The Kier molecular flexibility index (Phi) is 12.3. The number of aromatic hydroxyl groups is 4. The standard InChI is InChI=1S/C34H41F2N5O11/c1-16-20(28(34(51)52)41-27(16)24(17(2)42)33(41)50)14-39(3)15-23(45)40(12-4-10-37-31(48)18-6-8-21(43)29(46)25(18)35)13-5-11-38-32(49)19-7-9-22(44)30(47)26(19)36/h6-9,16-17,24,27,42-44,46-47H,4-5,10-15H2,1-3H3,(H,37,48)(H,38,49)(H,51,52)/t16?,17-,24?,27-/m1/s1. The van der Waals surface area contributed by atoms with Gasteiger partial charge in [0.1, 0.15) is 5.70 Å². The van der Waals surface area contributed by atoms with Gasteiger partial charge in [0, 0.05) is 38.6 Å². The first-order chi connectivity index (χ1) is 24.5. The molecule has 0 aliphatic carbocycles. The molecule has 0 radical (unpaired) electrons. The maximum Gasteiger partial charge on any atom is 0.352 e. The van der Waals surface area contributed by atoms with Crippen LogP contribution in [0.1, 0.15) is 47.4 Å². The molecule has 2 aliphatic heterocycles. The molecule has 282 valence electrons. The average Bonchev–Trinajstić information content (AvgIpc) is 3.32. The van der Waals surface area contributed by atoms with Crippen LogP contribution in [-0.2, 0) is 14.4 Å². The Morgan fingerprint density at radius 1 is 0.885 bits per heavy atom. The van der Waals surface area contributed by atoms with Gasteiger partial charge < -0.3 is 51.1 Å². The number of halogens is 2. The predicted molar refractivity (Wildman–Crippen MR) is 177 cm³/mol. The number of rotatable bonds is 16. The van der Waals surface area contributed by atoms with Gasteiger partial charge in [-0.1, -0.05) is 6.92 Å². The molecule has 2 aliphatic rings. The number of carbonyl (C=O) groups is 5. The number of hydrogen-bond acceptors (Lipinski definition) is 11. The Morgan fingerprint density at radius 3 is 1.81 bits per heavy atom. The number of phenols is 4. The summed E-state index contributed by atoms with van der Waals surface area (Å²) in [6.07, 6.45) is -0.642. The second-order valence-corrected chi connectivity index (χ2v) is 12.8. The van der Waals surface area contributed by atoms with E-state index in [1.165, 1.54) is 16.7 Å². The highest BCUT2D eigenvalue weighted by atomic mass is 19.1. The molecule has 2 unspecified atom stereocenters. The van der Waals surface area contributed by atoms with Crippen molar-refractivity contribution in [1.29, 1.82) is 0 Å². The maximum atomic E-state index is 14.3. The van der Waals surface area contributed by atoms with Gasteiger partial charge in [-0.15, -0.1) is 0 Å². The Labute approximate surface area is 296 Å². The molecule has 8 N–H and O–H groups in total. The molecule has 4 rings (SSSR count). The van der Waals surface area contributed by atoms with Crippen molar-refractivity contribution in [2.75, 3.05) is 46.3 Å². The second-order valence-electron chi connectivity index (χ2n) is 12.8. The summed E-state index contributed by atoms with van der Waals surface area (Å²) in [5.74, 6) is -11.4. The number of carbonyl (C=O) groups excluding carboxylic acids is 4. The molecule has 4 amide bonds. The molecule has 2 heterocycles. The summed E-state index contributed by atoms with van der Waals surface area (Å²) in [7, 11) is 1.59. The van der Waals surface area contributed by atoms with E-state index in [1.54, 1.807) is 18.9 Å². The van der Waals surface area contributed by atoms with Gasteiger partial charge in [-0.25, -0.2) is 13.6 Å². The van der Waals surface area contributed by atoms with E-state index >= 15 is 0 Å². The molecule has 16 nitrogen and oxygen atoms in total.